The third kappa shape index (κ3) is 4.05. The summed E-state index contributed by atoms with van der Waals surface area (Å²) in [5, 5.41) is 0. The number of benzene rings is 1. The fourth-order valence-corrected chi connectivity index (χ4v) is 1.27. The van der Waals surface area contributed by atoms with Gasteiger partial charge in [0.15, 0.2) is 0 Å². The summed E-state index contributed by atoms with van der Waals surface area (Å²) in [6.45, 7) is 0. The lowest BCUT2D eigenvalue weighted by Crippen LogP contribution is -2.10. The fraction of sp³-hybridized carbons (Fsp3) is 0.364. The molecule has 1 rings (SSSR count). The molecular formula is C11H10F4O2. The Morgan fingerprint density at radius 1 is 1.35 bits per heavy atom. The third-order valence-corrected chi connectivity index (χ3v) is 2.15. The SMILES string of the molecule is COC(=O)c1ccc(CCC(F)(F)F)c(F)c1. The van der Waals surface area contributed by atoms with Crippen LogP contribution in [0.4, 0.5) is 17.6 Å². The highest BCUT2D eigenvalue weighted by atomic mass is 19.4. The molecule has 0 aliphatic heterocycles. The largest absolute Gasteiger partial charge is 0.465 e. The van der Waals surface area contributed by atoms with Gasteiger partial charge < -0.3 is 4.74 Å². The molecule has 1 aromatic rings. The number of aryl methyl sites for hydroxylation is 1. The lowest BCUT2D eigenvalue weighted by atomic mass is 10.1. The number of hydrogen-bond acceptors (Lipinski definition) is 2. The second-order valence-electron chi connectivity index (χ2n) is 3.41. The van der Waals surface area contributed by atoms with Crippen LogP contribution in [0.3, 0.4) is 0 Å². The topological polar surface area (TPSA) is 26.3 Å². The minimum Gasteiger partial charge on any atom is -0.465 e. The average Bonchev–Trinajstić information content (AvgIpc) is 2.25. The van der Waals surface area contributed by atoms with Crippen LogP contribution < -0.4 is 0 Å². The van der Waals surface area contributed by atoms with E-state index in [-0.39, 0.29) is 11.1 Å². The average molecular weight is 250 g/mol. The monoisotopic (exact) mass is 250 g/mol. The van der Waals surface area contributed by atoms with Crippen LogP contribution in [-0.4, -0.2) is 19.3 Å². The number of ether oxygens (including phenoxy) is 1. The summed E-state index contributed by atoms with van der Waals surface area (Å²) >= 11 is 0. The lowest BCUT2D eigenvalue weighted by molar-refractivity contribution is -0.134. The van der Waals surface area contributed by atoms with Gasteiger partial charge >= 0.3 is 12.1 Å². The summed E-state index contributed by atoms with van der Waals surface area (Å²) in [6, 6.07) is 3.27. The predicted octanol–water partition coefficient (Wildman–Crippen LogP) is 3.11. The minimum absolute atomic E-state index is 0.0271. The van der Waals surface area contributed by atoms with Crippen LogP contribution in [0.1, 0.15) is 22.3 Å². The molecule has 6 heteroatoms. The number of methoxy groups -OCH3 is 1. The summed E-state index contributed by atoms with van der Waals surface area (Å²) < 4.78 is 53.5. The molecule has 1 aromatic carbocycles. The Balaban J connectivity index is 2.80. The molecule has 17 heavy (non-hydrogen) atoms. The van der Waals surface area contributed by atoms with E-state index < -0.39 is 30.8 Å². The first-order chi connectivity index (χ1) is 7.83. The van der Waals surface area contributed by atoms with Crippen molar-refractivity contribution in [2.24, 2.45) is 0 Å². The maximum absolute atomic E-state index is 13.3. The van der Waals surface area contributed by atoms with Crippen molar-refractivity contribution >= 4 is 5.97 Å². The van der Waals surface area contributed by atoms with Crippen molar-refractivity contribution in [2.75, 3.05) is 7.11 Å². The second-order valence-corrected chi connectivity index (χ2v) is 3.41. The summed E-state index contributed by atoms with van der Waals surface area (Å²) in [4.78, 5) is 11.0. The van der Waals surface area contributed by atoms with Crippen LogP contribution in [-0.2, 0) is 11.2 Å². The number of carbonyl (C=O) groups excluding carboxylic acids is 1. The third-order valence-electron chi connectivity index (χ3n) is 2.15. The van der Waals surface area contributed by atoms with Crippen LogP contribution >= 0.6 is 0 Å². The molecule has 0 fully saturated rings. The molecule has 0 N–H and O–H groups in total. The quantitative estimate of drug-likeness (QED) is 0.608. The molecule has 0 saturated heterocycles. The van der Waals surface area contributed by atoms with Gasteiger partial charge in [-0.25, -0.2) is 9.18 Å². The van der Waals surface area contributed by atoms with Crippen molar-refractivity contribution in [1.29, 1.82) is 0 Å². The first kappa shape index (κ1) is 13.5. The Morgan fingerprint density at radius 2 is 2.00 bits per heavy atom. The smallest absolute Gasteiger partial charge is 0.389 e. The maximum Gasteiger partial charge on any atom is 0.389 e. The Bertz CT molecular complexity index is 412. The first-order valence-electron chi connectivity index (χ1n) is 4.77. The highest BCUT2D eigenvalue weighted by Crippen LogP contribution is 2.23. The fourth-order valence-electron chi connectivity index (χ4n) is 1.27. The summed E-state index contributed by atoms with van der Waals surface area (Å²) in [5.41, 5.74) is -0.101. The Labute approximate surface area is 95.2 Å². The zero-order valence-electron chi connectivity index (χ0n) is 8.97. The van der Waals surface area contributed by atoms with E-state index in [9.17, 15) is 22.4 Å². The van der Waals surface area contributed by atoms with Gasteiger partial charge in [-0.2, -0.15) is 13.2 Å². The zero-order valence-corrected chi connectivity index (χ0v) is 8.97. The van der Waals surface area contributed by atoms with Crippen molar-refractivity contribution in [2.45, 2.75) is 19.0 Å². The van der Waals surface area contributed by atoms with Gasteiger partial charge in [-0.05, 0) is 24.1 Å². The predicted molar refractivity (Wildman–Crippen MR) is 52.1 cm³/mol. The molecule has 0 amide bonds. The standard InChI is InChI=1S/C11H10F4O2/c1-17-10(16)8-3-2-7(9(12)6-8)4-5-11(13,14)15/h2-3,6H,4-5H2,1H3. The molecule has 0 aliphatic carbocycles. The van der Waals surface area contributed by atoms with Gasteiger partial charge in [0, 0.05) is 6.42 Å². The van der Waals surface area contributed by atoms with Crippen LogP contribution in [0, 0.1) is 5.82 Å². The number of rotatable bonds is 3. The zero-order chi connectivity index (χ0) is 13.1. The van der Waals surface area contributed by atoms with Crippen LogP contribution in [0.5, 0.6) is 0 Å². The van der Waals surface area contributed by atoms with E-state index in [1.54, 1.807) is 0 Å². The number of alkyl halides is 3. The van der Waals surface area contributed by atoms with Gasteiger partial charge in [-0.15, -0.1) is 0 Å². The summed E-state index contributed by atoms with van der Waals surface area (Å²) in [7, 11) is 1.14. The van der Waals surface area contributed by atoms with Gasteiger partial charge in [-0.1, -0.05) is 6.07 Å². The van der Waals surface area contributed by atoms with Gasteiger partial charge in [0.1, 0.15) is 5.82 Å². The molecule has 0 bridgehead atoms. The molecule has 0 unspecified atom stereocenters. The van der Waals surface area contributed by atoms with E-state index in [1.807, 2.05) is 0 Å². The van der Waals surface area contributed by atoms with E-state index in [0.717, 1.165) is 19.2 Å². The van der Waals surface area contributed by atoms with E-state index in [0.29, 0.717) is 0 Å². The van der Waals surface area contributed by atoms with Gasteiger partial charge in [0.05, 0.1) is 12.7 Å². The molecule has 0 aromatic heterocycles. The molecular weight excluding hydrogens is 240 g/mol. The summed E-state index contributed by atoms with van der Waals surface area (Å²) in [5.74, 6) is -1.57. The normalized spacial score (nSPS) is 11.4. The first-order valence-corrected chi connectivity index (χ1v) is 4.77. The van der Waals surface area contributed by atoms with Gasteiger partial charge in [0.25, 0.3) is 0 Å². The molecule has 0 heterocycles. The second kappa shape index (κ2) is 5.16. The Hall–Kier alpha value is -1.59. The summed E-state index contributed by atoms with van der Waals surface area (Å²) in [6.07, 6.45) is -5.87. The maximum atomic E-state index is 13.3. The lowest BCUT2D eigenvalue weighted by Gasteiger charge is -2.07. The minimum atomic E-state index is -4.33. The van der Waals surface area contributed by atoms with E-state index in [1.165, 1.54) is 6.07 Å². The molecule has 0 atom stereocenters. The van der Waals surface area contributed by atoms with Crippen molar-refractivity contribution < 1.29 is 27.1 Å². The van der Waals surface area contributed by atoms with Gasteiger partial charge in [0.2, 0.25) is 0 Å². The molecule has 94 valence electrons. The van der Waals surface area contributed by atoms with Gasteiger partial charge in [-0.3, -0.25) is 0 Å². The highest BCUT2D eigenvalue weighted by Gasteiger charge is 2.27. The van der Waals surface area contributed by atoms with E-state index in [4.69, 9.17) is 0 Å². The Kier molecular flexibility index (Phi) is 4.09. The molecule has 0 spiro atoms. The van der Waals surface area contributed by atoms with Crippen LogP contribution in [0.2, 0.25) is 0 Å². The molecule has 0 aliphatic rings. The Morgan fingerprint density at radius 3 is 2.47 bits per heavy atom. The van der Waals surface area contributed by atoms with Crippen LogP contribution in [0.15, 0.2) is 18.2 Å². The van der Waals surface area contributed by atoms with E-state index in [2.05, 4.69) is 4.74 Å². The van der Waals surface area contributed by atoms with Crippen molar-refractivity contribution in [1.82, 2.24) is 0 Å². The molecule has 0 radical (unpaired) electrons. The highest BCUT2D eigenvalue weighted by molar-refractivity contribution is 5.89. The molecule has 2 nitrogen and oxygen atoms in total. The van der Waals surface area contributed by atoms with Crippen LogP contribution in [0.25, 0.3) is 0 Å². The van der Waals surface area contributed by atoms with Crippen molar-refractivity contribution in [3.05, 3.63) is 35.1 Å². The number of carbonyl (C=O) groups is 1. The van der Waals surface area contributed by atoms with E-state index >= 15 is 0 Å². The number of esters is 1. The number of halogens is 4. The molecule has 0 saturated carbocycles. The number of hydrogen-bond donors (Lipinski definition) is 0. The van der Waals surface area contributed by atoms with Crippen molar-refractivity contribution in [3.8, 4) is 0 Å². The van der Waals surface area contributed by atoms with Crippen molar-refractivity contribution in [3.63, 3.8) is 0 Å².